The number of anilines is 5. The maximum absolute atomic E-state index is 5.72. The van der Waals surface area contributed by atoms with Gasteiger partial charge in [0.2, 0.25) is 5.95 Å². The Labute approximate surface area is 354 Å². The van der Waals surface area contributed by atoms with Crippen molar-refractivity contribution in [3.05, 3.63) is 92.2 Å². The van der Waals surface area contributed by atoms with Crippen LogP contribution in [0.2, 0.25) is 0 Å². The molecule has 0 radical (unpaired) electrons. The third-order valence-electron chi connectivity index (χ3n) is 10.5. The maximum Gasteiger partial charge on any atom is 0.250 e. The SMILES string of the molecule is COc1cncc2nc(-c3ccnc(-c4ccnc(NN(c5cc(-c6nc(N7CCNCC7)c7c(OC)cncc7n6)ccn5)c5ncccn5)n4)c3)nc(N3CCNCC3)c12. The zero-order valence-electron chi connectivity index (χ0n) is 33.8. The number of ether oxygens (including phenoxy) is 2. The number of rotatable bonds is 11. The van der Waals surface area contributed by atoms with E-state index in [1.807, 2.05) is 24.3 Å². The van der Waals surface area contributed by atoms with Gasteiger partial charge in [0, 0.05) is 94.5 Å². The second-order valence-corrected chi connectivity index (χ2v) is 14.3. The summed E-state index contributed by atoms with van der Waals surface area (Å²) in [6.07, 6.45) is 15.2. The Morgan fingerprint density at radius 2 is 1.15 bits per heavy atom. The van der Waals surface area contributed by atoms with Gasteiger partial charge in [0.15, 0.2) is 17.5 Å². The van der Waals surface area contributed by atoms with Gasteiger partial charge >= 0.3 is 0 Å². The van der Waals surface area contributed by atoms with Gasteiger partial charge in [-0.25, -0.2) is 49.9 Å². The lowest BCUT2D eigenvalue weighted by molar-refractivity contribution is 0.417. The molecule has 0 spiro atoms. The van der Waals surface area contributed by atoms with E-state index in [2.05, 4.69) is 55.8 Å². The van der Waals surface area contributed by atoms with Crippen molar-refractivity contribution in [2.75, 3.05) is 86.8 Å². The molecule has 20 heteroatoms. The second-order valence-electron chi connectivity index (χ2n) is 14.3. The molecule has 10 heterocycles. The topological polar surface area (TPSA) is 219 Å². The van der Waals surface area contributed by atoms with E-state index in [1.165, 1.54) is 0 Å². The highest BCUT2D eigenvalue weighted by molar-refractivity contribution is 5.96. The second kappa shape index (κ2) is 17.0. The van der Waals surface area contributed by atoms with Crippen LogP contribution in [-0.2, 0) is 0 Å². The maximum atomic E-state index is 5.72. The van der Waals surface area contributed by atoms with Gasteiger partial charge in [0.05, 0.1) is 72.2 Å². The minimum absolute atomic E-state index is 0.247. The predicted molar refractivity (Wildman–Crippen MR) is 233 cm³/mol. The highest BCUT2D eigenvalue weighted by Gasteiger charge is 2.24. The van der Waals surface area contributed by atoms with Gasteiger partial charge in [-0.3, -0.25) is 20.4 Å². The third kappa shape index (κ3) is 7.58. The number of fused-ring (bicyclic) bond motifs is 2. The minimum Gasteiger partial charge on any atom is -0.494 e. The van der Waals surface area contributed by atoms with Crippen LogP contribution in [-0.4, -0.2) is 126 Å². The van der Waals surface area contributed by atoms with Crippen molar-refractivity contribution < 1.29 is 9.47 Å². The van der Waals surface area contributed by atoms with Crippen LogP contribution >= 0.6 is 0 Å². The lowest BCUT2D eigenvalue weighted by Gasteiger charge is -2.29. The molecule has 8 aromatic rings. The Balaban J connectivity index is 0.991. The van der Waals surface area contributed by atoms with E-state index < -0.39 is 0 Å². The van der Waals surface area contributed by atoms with Crippen LogP contribution in [0.15, 0.2) is 92.2 Å². The molecule has 8 aromatic heterocycles. The number of nitrogens with zero attached hydrogens (tertiary/aromatic N) is 15. The minimum atomic E-state index is 0.247. The number of methoxy groups -OCH3 is 2. The number of hydrogen-bond acceptors (Lipinski definition) is 20. The summed E-state index contributed by atoms with van der Waals surface area (Å²) >= 11 is 0. The van der Waals surface area contributed by atoms with Crippen LogP contribution in [0.5, 0.6) is 11.5 Å². The number of nitrogens with one attached hydrogen (secondary N) is 3. The van der Waals surface area contributed by atoms with Crippen molar-refractivity contribution in [3.8, 4) is 45.7 Å². The largest absolute Gasteiger partial charge is 0.494 e. The molecule has 10 rings (SSSR count). The van der Waals surface area contributed by atoms with Gasteiger partial charge in [-0.2, -0.15) is 0 Å². The van der Waals surface area contributed by atoms with E-state index in [0.29, 0.717) is 62.9 Å². The average molecular weight is 829 g/mol. The normalized spacial score (nSPS) is 14.2. The smallest absolute Gasteiger partial charge is 0.250 e. The Kier molecular flexibility index (Phi) is 10.5. The molecule has 0 aromatic carbocycles. The molecule has 2 fully saturated rings. The number of hydrogen-bond donors (Lipinski definition) is 3. The fourth-order valence-corrected chi connectivity index (χ4v) is 7.51. The van der Waals surface area contributed by atoms with Crippen LogP contribution < -0.4 is 40.3 Å². The summed E-state index contributed by atoms with van der Waals surface area (Å²) in [6.45, 7) is 6.51. The van der Waals surface area contributed by atoms with Crippen molar-refractivity contribution >= 4 is 51.2 Å². The Bertz CT molecular complexity index is 2880. The molecule has 310 valence electrons. The molecular weight excluding hydrogens is 789 g/mol. The summed E-state index contributed by atoms with van der Waals surface area (Å²) in [5.41, 5.74) is 7.24. The molecule has 2 aliphatic heterocycles. The average Bonchev–Trinajstić information content (AvgIpc) is 3.35. The summed E-state index contributed by atoms with van der Waals surface area (Å²) in [5.74, 6) is 4.82. The summed E-state index contributed by atoms with van der Waals surface area (Å²) in [4.78, 5) is 61.3. The zero-order chi connectivity index (χ0) is 41.8. The molecule has 0 atom stereocenters. The molecule has 0 amide bonds. The van der Waals surface area contributed by atoms with E-state index in [9.17, 15) is 0 Å². The van der Waals surface area contributed by atoms with Crippen molar-refractivity contribution in [1.29, 1.82) is 0 Å². The van der Waals surface area contributed by atoms with Crippen LogP contribution in [0.3, 0.4) is 0 Å². The fraction of sp³-hybridized carbons (Fsp3) is 0.238. The Hall–Kier alpha value is -7.84. The Morgan fingerprint density at radius 3 is 1.74 bits per heavy atom. The van der Waals surface area contributed by atoms with Gasteiger partial charge in [-0.1, -0.05) is 0 Å². The van der Waals surface area contributed by atoms with Crippen LogP contribution in [0.4, 0.5) is 29.4 Å². The molecule has 0 bridgehead atoms. The molecule has 2 aliphatic rings. The molecular formula is C42H40N18O2. The van der Waals surface area contributed by atoms with Gasteiger partial charge in [-0.15, -0.1) is 0 Å². The number of piperazine rings is 2. The van der Waals surface area contributed by atoms with Gasteiger partial charge in [-0.05, 0) is 36.4 Å². The van der Waals surface area contributed by atoms with Crippen LogP contribution in [0.1, 0.15) is 0 Å². The number of pyridine rings is 4. The molecule has 3 N–H and O–H groups in total. The standard InChI is InChI=1S/C42H40N18O2/c1-61-32-24-45-22-30-35(32)39(58-16-12-43-13-17-58)55-37(52-30)26-4-9-47-29(20-26)28-6-11-49-41(54-28)57-60(42-50-7-3-8-51-42)34-21-27(5-10-48-34)38-53-31-23-46-25-33(62-2)36(31)40(56-38)59-18-14-44-15-19-59/h3-11,20-25,43-44H,12-19H2,1-2H3,(H,49,54,57). The first-order chi connectivity index (χ1) is 30.6. The number of aromatic nitrogens is 12. The monoisotopic (exact) mass is 828 g/mol. The molecule has 62 heavy (non-hydrogen) atoms. The van der Waals surface area contributed by atoms with Gasteiger partial charge in [0.1, 0.15) is 23.1 Å². The summed E-state index contributed by atoms with van der Waals surface area (Å²) < 4.78 is 11.4. The predicted octanol–water partition coefficient (Wildman–Crippen LogP) is 3.74. The highest BCUT2D eigenvalue weighted by Crippen LogP contribution is 2.36. The summed E-state index contributed by atoms with van der Waals surface area (Å²) in [6, 6.07) is 11.0. The van der Waals surface area contributed by atoms with Crippen LogP contribution in [0, 0.1) is 0 Å². The molecule has 0 unspecified atom stereocenters. The highest BCUT2D eigenvalue weighted by atomic mass is 16.5. The number of hydrazine groups is 1. The van der Waals surface area contributed by atoms with E-state index in [1.54, 1.807) is 87.1 Å². The first-order valence-corrected chi connectivity index (χ1v) is 20.0. The molecule has 0 aliphatic carbocycles. The summed E-state index contributed by atoms with van der Waals surface area (Å²) in [5, 5.41) is 10.1. The van der Waals surface area contributed by atoms with E-state index in [0.717, 1.165) is 80.3 Å². The summed E-state index contributed by atoms with van der Waals surface area (Å²) in [7, 11) is 3.26. The zero-order valence-corrected chi connectivity index (χ0v) is 33.8. The first-order valence-electron chi connectivity index (χ1n) is 20.0. The van der Waals surface area contributed by atoms with Crippen LogP contribution in [0.25, 0.3) is 56.0 Å². The van der Waals surface area contributed by atoms with E-state index in [4.69, 9.17) is 39.4 Å². The Morgan fingerprint density at radius 1 is 0.581 bits per heavy atom. The van der Waals surface area contributed by atoms with Crippen molar-refractivity contribution in [2.45, 2.75) is 0 Å². The molecule has 0 saturated carbocycles. The van der Waals surface area contributed by atoms with Crippen molar-refractivity contribution in [2.24, 2.45) is 0 Å². The lowest BCUT2D eigenvalue weighted by Crippen LogP contribution is -2.44. The van der Waals surface area contributed by atoms with Gasteiger partial charge in [0.25, 0.3) is 5.95 Å². The quantitative estimate of drug-likeness (QED) is 0.158. The lowest BCUT2D eigenvalue weighted by atomic mass is 10.1. The molecule has 2 saturated heterocycles. The van der Waals surface area contributed by atoms with Crippen molar-refractivity contribution in [3.63, 3.8) is 0 Å². The van der Waals surface area contributed by atoms with Crippen molar-refractivity contribution in [1.82, 2.24) is 70.4 Å². The molecule has 20 nitrogen and oxygen atoms in total. The first kappa shape index (κ1) is 38.4. The van der Waals surface area contributed by atoms with E-state index >= 15 is 0 Å². The third-order valence-corrected chi connectivity index (χ3v) is 10.5. The van der Waals surface area contributed by atoms with E-state index in [-0.39, 0.29) is 5.95 Å². The fourth-order valence-electron chi connectivity index (χ4n) is 7.51. The van der Waals surface area contributed by atoms with Gasteiger partial charge < -0.3 is 29.9 Å².